The predicted octanol–water partition coefficient (Wildman–Crippen LogP) is 1.54. The third kappa shape index (κ3) is 3.85. The van der Waals surface area contributed by atoms with E-state index in [0.29, 0.717) is 6.42 Å². The summed E-state index contributed by atoms with van der Waals surface area (Å²) in [7, 11) is 1.34. The van der Waals surface area contributed by atoms with Crippen LogP contribution in [0, 0.1) is 5.92 Å². The molecule has 0 amide bonds. The number of Topliss-reactive ketones (excluding diaryl/α,β-unsaturated/α-hetero) is 1. The highest BCUT2D eigenvalue weighted by Gasteiger charge is 2.19. The summed E-state index contributed by atoms with van der Waals surface area (Å²) >= 11 is 3.18. The van der Waals surface area contributed by atoms with Crippen molar-refractivity contribution in [3.8, 4) is 0 Å². The van der Waals surface area contributed by atoms with Crippen molar-refractivity contribution in [1.29, 1.82) is 0 Å². The van der Waals surface area contributed by atoms with Crippen LogP contribution in [-0.2, 0) is 14.3 Å². The van der Waals surface area contributed by atoms with Crippen LogP contribution in [0.3, 0.4) is 0 Å². The number of rotatable bonds is 4. The monoisotopic (exact) mass is 236 g/mol. The van der Waals surface area contributed by atoms with Gasteiger partial charge in [-0.05, 0) is 13.3 Å². The molecule has 0 aromatic rings. The summed E-state index contributed by atoms with van der Waals surface area (Å²) < 4.78 is 4.52. The zero-order valence-corrected chi connectivity index (χ0v) is 9.05. The fourth-order valence-corrected chi connectivity index (χ4v) is 1.33. The summed E-state index contributed by atoms with van der Waals surface area (Å²) in [4.78, 5) is 21.5. The number of carbonyl (C=O) groups excluding carboxylic acids is 2. The Balaban J connectivity index is 3.91. The van der Waals surface area contributed by atoms with Crippen LogP contribution in [0.2, 0.25) is 0 Å². The standard InChI is InChI=1S/C8H13BrO3/c1-5(8(11)12-3)4-7(9)6(2)10/h5,7H,4H2,1-3H3. The summed E-state index contributed by atoms with van der Waals surface area (Å²) in [6.07, 6.45) is 0.488. The molecule has 0 fully saturated rings. The summed E-state index contributed by atoms with van der Waals surface area (Å²) in [5, 5.41) is 0. The van der Waals surface area contributed by atoms with Crippen molar-refractivity contribution in [2.24, 2.45) is 5.92 Å². The van der Waals surface area contributed by atoms with Crippen LogP contribution in [0.25, 0.3) is 0 Å². The largest absolute Gasteiger partial charge is 0.469 e. The van der Waals surface area contributed by atoms with Crippen molar-refractivity contribution in [2.45, 2.75) is 25.1 Å². The highest BCUT2D eigenvalue weighted by atomic mass is 79.9. The van der Waals surface area contributed by atoms with E-state index in [0.717, 1.165) is 0 Å². The van der Waals surface area contributed by atoms with E-state index in [1.807, 2.05) is 0 Å². The van der Waals surface area contributed by atoms with E-state index < -0.39 is 0 Å². The van der Waals surface area contributed by atoms with Crippen LogP contribution in [-0.4, -0.2) is 23.7 Å². The molecule has 0 saturated heterocycles. The number of esters is 1. The van der Waals surface area contributed by atoms with Crippen molar-refractivity contribution in [1.82, 2.24) is 0 Å². The van der Waals surface area contributed by atoms with Crippen molar-refractivity contribution in [3.05, 3.63) is 0 Å². The highest BCUT2D eigenvalue weighted by molar-refractivity contribution is 9.10. The summed E-state index contributed by atoms with van der Waals surface area (Å²) in [5.74, 6) is -0.477. The van der Waals surface area contributed by atoms with Gasteiger partial charge in [0.15, 0.2) is 0 Å². The van der Waals surface area contributed by atoms with Gasteiger partial charge >= 0.3 is 5.97 Å². The average Bonchev–Trinajstić information content (AvgIpc) is 2.02. The Morgan fingerprint density at radius 2 is 2.00 bits per heavy atom. The number of alkyl halides is 1. The van der Waals surface area contributed by atoms with Gasteiger partial charge in [0.25, 0.3) is 0 Å². The molecular formula is C8H13BrO3. The van der Waals surface area contributed by atoms with Gasteiger partial charge in [0.1, 0.15) is 5.78 Å². The second-order valence-corrected chi connectivity index (χ2v) is 3.84. The minimum Gasteiger partial charge on any atom is -0.469 e. The first-order valence-electron chi connectivity index (χ1n) is 3.71. The molecule has 0 aromatic carbocycles. The molecule has 0 heterocycles. The molecule has 0 aliphatic rings. The number of hydrogen-bond donors (Lipinski definition) is 0. The molecule has 0 aliphatic heterocycles. The molecule has 0 aromatic heterocycles. The zero-order valence-electron chi connectivity index (χ0n) is 7.46. The quantitative estimate of drug-likeness (QED) is 0.550. The molecule has 0 radical (unpaired) electrons. The lowest BCUT2D eigenvalue weighted by atomic mass is 10.0. The Kier molecular flexibility index (Phi) is 5.13. The molecule has 3 nitrogen and oxygen atoms in total. The predicted molar refractivity (Wildman–Crippen MR) is 49.2 cm³/mol. The molecule has 2 atom stereocenters. The van der Waals surface area contributed by atoms with Crippen molar-refractivity contribution in [3.63, 3.8) is 0 Å². The second-order valence-electron chi connectivity index (χ2n) is 2.74. The Morgan fingerprint density at radius 1 is 1.50 bits per heavy atom. The first-order valence-corrected chi connectivity index (χ1v) is 4.63. The minimum absolute atomic E-state index is 0.0331. The number of ether oxygens (including phenoxy) is 1. The minimum atomic E-state index is -0.277. The van der Waals surface area contributed by atoms with Gasteiger partial charge in [0, 0.05) is 0 Å². The molecule has 4 heteroatoms. The van der Waals surface area contributed by atoms with Gasteiger partial charge in [-0.2, -0.15) is 0 Å². The van der Waals surface area contributed by atoms with E-state index in [-0.39, 0.29) is 22.5 Å². The van der Waals surface area contributed by atoms with E-state index in [4.69, 9.17) is 0 Å². The molecule has 0 spiro atoms. The smallest absolute Gasteiger partial charge is 0.308 e. The Hall–Kier alpha value is -0.380. The van der Waals surface area contributed by atoms with E-state index in [1.165, 1.54) is 14.0 Å². The molecule has 0 saturated carbocycles. The van der Waals surface area contributed by atoms with Gasteiger partial charge in [-0.25, -0.2) is 0 Å². The molecule has 12 heavy (non-hydrogen) atoms. The fourth-order valence-electron chi connectivity index (χ4n) is 0.774. The van der Waals surface area contributed by atoms with Crippen LogP contribution in [0.1, 0.15) is 20.3 Å². The van der Waals surface area contributed by atoms with Gasteiger partial charge in [-0.3, -0.25) is 9.59 Å². The third-order valence-corrected chi connectivity index (χ3v) is 2.62. The molecule has 0 bridgehead atoms. The number of halogens is 1. The van der Waals surface area contributed by atoms with Crippen LogP contribution >= 0.6 is 15.9 Å². The van der Waals surface area contributed by atoms with Gasteiger partial charge in [0.2, 0.25) is 0 Å². The van der Waals surface area contributed by atoms with Crippen LogP contribution in [0.15, 0.2) is 0 Å². The molecule has 0 aliphatic carbocycles. The first kappa shape index (κ1) is 11.6. The van der Waals surface area contributed by atoms with E-state index in [9.17, 15) is 9.59 Å². The summed E-state index contributed by atoms with van der Waals surface area (Å²) in [5.41, 5.74) is 0. The molecule has 0 rings (SSSR count). The summed E-state index contributed by atoms with van der Waals surface area (Å²) in [6, 6.07) is 0. The average molecular weight is 237 g/mol. The molecule has 2 unspecified atom stereocenters. The van der Waals surface area contributed by atoms with Crippen LogP contribution in [0.5, 0.6) is 0 Å². The third-order valence-electron chi connectivity index (χ3n) is 1.61. The Bertz CT molecular complexity index is 179. The topological polar surface area (TPSA) is 43.4 Å². The number of ketones is 1. The lowest BCUT2D eigenvalue weighted by molar-refractivity contribution is -0.145. The Morgan fingerprint density at radius 3 is 2.33 bits per heavy atom. The SMILES string of the molecule is COC(=O)C(C)CC(Br)C(C)=O. The number of methoxy groups -OCH3 is 1. The van der Waals surface area contributed by atoms with E-state index >= 15 is 0 Å². The highest BCUT2D eigenvalue weighted by Crippen LogP contribution is 2.14. The van der Waals surface area contributed by atoms with Gasteiger partial charge in [-0.1, -0.05) is 22.9 Å². The maximum Gasteiger partial charge on any atom is 0.308 e. The lowest BCUT2D eigenvalue weighted by Crippen LogP contribution is -2.20. The van der Waals surface area contributed by atoms with Crippen LogP contribution < -0.4 is 0 Å². The second kappa shape index (κ2) is 5.30. The molecular weight excluding hydrogens is 224 g/mol. The van der Waals surface area contributed by atoms with E-state index in [1.54, 1.807) is 6.92 Å². The van der Waals surface area contributed by atoms with Gasteiger partial charge < -0.3 is 4.74 Å². The van der Waals surface area contributed by atoms with Crippen molar-refractivity contribution < 1.29 is 14.3 Å². The maximum absolute atomic E-state index is 10.9. The molecule has 0 N–H and O–H groups in total. The fraction of sp³-hybridized carbons (Fsp3) is 0.750. The van der Waals surface area contributed by atoms with Crippen molar-refractivity contribution >= 4 is 27.7 Å². The first-order chi connectivity index (χ1) is 5.49. The Labute approximate surface area is 80.6 Å². The molecule has 70 valence electrons. The summed E-state index contributed by atoms with van der Waals surface area (Å²) in [6.45, 7) is 3.23. The van der Waals surface area contributed by atoms with Gasteiger partial charge in [0.05, 0.1) is 17.9 Å². The number of carbonyl (C=O) groups is 2. The van der Waals surface area contributed by atoms with E-state index in [2.05, 4.69) is 20.7 Å². The van der Waals surface area contributed by atoms with Gasteiger partial charge in [-0.15, -0.1) is 0 Å². The van der Waals surface area contributed by atoms with Crippen molar-refractivity contribution in [2.75, 3.05) is 7.11 Å². The maximum atomic E-state index is 10.9. The zero-order chi connectivity index (χ0) is 9.72. The lowest BCUT2D eigenvalue weighted by Gasteiger charge is -2.11. The normalized spacial score (nSPS) is 15.0. The van der Waals surface area contributed by atoms with Crippen LogP contribution in [0.4, 0.5) is 0 Å². The number of hydrogen-bond acceptors (Lipinski definition) is 3.